The van der Waals surface area contributed by atoms with E-state index in [-0.39, 0.29) is 0 Å². The molecule has 1 saturated heterocycles. The minimum atomic E-state index is 0.319. The number of halogens is 1. The highest BCUT2D eigenvalue weighted by Crippen LogP contribution is 2.34. The summed E-state index contributed by atoms with van der Waals surface area (Å²) in [5, 5.41) is 0.319. The highest BCUT2D eigenvalue weighted by atomic mass is 35.5. The Balaban J connectivity index is 1.95. The molecule has 7 heteroatoms. The van der Waals surface area contributed by atoms with Crippen LogP contribution in [0.2, 0.25) is 5.28 Å². The monoisotopic (exact) mass is 340 g/mol. The molecule has 1 fully saturated rings. The molecule has 0 aliphatic carbocycles. The standard InChI is InChI=1S/C15H21ClN4OS/c1-10(19(2)3)8-11-9-12-13(22-11)14(18-15(16)17-12)20-4-6-21-7-5-20/h9-10H,4-8H2,1-3H3. The fraction of sp³-hybridized carbons (Fsp3) is 0.600. The smallest absolute Gasteiger partial charge is 0.224 e. The van der Waals surface area contributed by atoms with E-state index in [1.165, 1.54) is 4.88 Å². The van der Waals surface area contributed by atoms with Gasteiger partial charge in [0.15, 0.2) is 5.82 Å². The van der Waals surface area contributed by atoms with E-state index in [0.717, 1.165) is 48.8 Å². The van der Waals surface area contributed by atoms with Gasteiger partial charge in [-0.3, -0.25) is 0 Å². The molecule has 22 heavy (non-hydrogen) atoms. The maximum absolute atomic E-state index is 6.12. The number of fused-ring (bicyclic) bond motifs is 1. The number of hydrogen-bond acceptors (Lipinski definition) is 6. The first-order valence-electron chi connectivity index (χ1n) is 7.49. The van der Waals surface area contributed by atoms with Crippen molar-refractivity contribution in [3.63, 3.8) is 0 Å². The van der Waals surface area contributed by atoms with Gasteiger partial charge >= 0.3 is 0 Å². The summed E-state index contributed by atoms with van der Waals surface area (Å²) in [5.41, 5.74) is 0.951. The maximum Gasteiger partial charge on any atom is 0.224 e. The first-order valence-corrected chi connectivity index (χ1v) is 8.69. The number of anilines is 1. The number of thiophene rings is 1. The molecule has 1 unspecified atom stereocenters. The molecule has 0 amide bonds. The fourth-order valence-electron chi connectivity index (χ4n) is 2.50. The summed E-state index contributed by atoms with van der Waals surface area (Å²) in [6.45, 7) is 5.40. The normalized spacial score (nSPS) is 17.4. The van der Waals surface area contributed by atoms with Crippen molar-refractivity contribution in [3.8, 4) is 0 Å². The van der Waals surface area contributed by atoms with Crippen LogP contribution >= 0.6 is 22.9 Å². The SMILES string of the molecule is CC(Cc1cc2nc(Cl)nc(N3CCOCC3)c2s1)N(C)C. The quantitative estimate of drug-likeness (QED) is 0.800. The maximum atomic E-state index is 6.12. The molecule has 3 heterocycles. The largest absolute Gasteiger partial charge is 0.378 e. The van der Waals surface area contributed by atoms with Gasteiger partial charge in [-0.25, -0.2) is 4.98 Å². The lowest BCUT2D eigenvalue weighted by Gasteiger charge is -2.28. The van der Waals surface area contributed by atoms with Crippen LogP contribution in [0.25, 0.3) is 10.2 Å². The second kappa shape index (κ2) is 6.66. The van der Waals surface area contributed by atoms with E-state index in [1.54, 1.807) is 11.3 Å². The third-order valence-electron chi connectivity index (χ3n) is 4.07. The Labute approximate surface area is 139 Å². The highest BCUT2D eigenvalue weighted by Gasteiger charge is 2.19. The lowest BCUT2D eigenvalue weighted by atomic mass is 10.2. The number of likely N-dealkylation sites (N-methyl/N-ethyl adjacent to an activating group) is 1. The van der Waals surface area contributed by atoms with Crippen LogP contribution in [0.5, 0.6) is 0 Å². The van der Waals surface area contributed by atoms with Crippen molar-refractivity contribution in [2.45, 2.75) is 19.4 Å². The van der Waals surface area contributed by atoms with Crippen molar-refractivity contribution in [1.29, 1.82) is 0 Å². The van der Waals surface area contributed by atoms with Crippen LogP contribution in [0.3, 0.4) is 0 Å². The summed E-state index contributed by atoms with van der Waals surface area (Å²) < 4.78 is 6.56. The van der Waals surface area contributed by atoms with Crippen molar-refractivity contribution in [3.05, 3.63) is 16.2 Å². The van der Waals surface area contributed by atoms with Gasteiger partial charge in [-0.05, 0) is 45.1 Å². The molecule has 0 aromatic carbocycles. The molecular weight excluding hydrogens is 320 g/mol. The highest BCUT2D eigenvalue weighted by molar-refractivity contribution is 7.19. The van der Waals surface area contributed by atoms with Crippen LogP contribution in [0.4, 0.5) is 5.82 Å². The third-order valence-corrected chi connectivity index (χ3v) is 5.38. The van der Waals surface area contributed by atoms with Gasteiger partial charge < -0.3 is 14.5 Å². The van der Waals surface area contributed by atoms with E-state index in [9.17, 15) is 0 Å². The van der Waals surface area contributed by atoms with Crippen molar-refractivity contribution < 1.29 is 4.74 Å². The van der Waals surface area contributed by atoms with Crippen LogP contribution in [-0.4, -0.2) is 61.3 Å². The van der Waals surface area contributed by atoms with E-state index >= 15 is 0 Å². The molecule has 2 aromatic heterocycles. The van der Waals surface area contributed by atoms with Gasteiger partial charge in [0.1, 0.15) is 0 Å². The molecule has 0 saturated carbocycles. The van der Waals surface area contributed by atoms with Gasteiger partial charge in [-0.1, -0.05) is 0 Å². The van der Waals surface area contributed by atoms with E-state index in [0.29, 0.717) is 11.3 Å². The summed E-state index contributed by atoms with van der Waals surface area (Å²) in [6.07, 6.45) is 1.01. The zero-order valence-corrected chi connectivity index (χ0v) is 14.7. The van der Waals surface area contributed by atoms with Gasteiger partial charge in [0, 0.05) is 24.0 Å². The molecule has 5 nitrogen and oxygen atoms in total. The third kappa shape index (κ3) is 3.35. The Morgan fingerprint density at radius 3 is 2.77 bits per heavy atom. The summed E-state index contributed by atoms with van der Waals surface area (Å²) >= 11 is 7.90. The number of rotatable bonds is 4. The van der Waals surface area contributed by atoms with Crippen LogP contribution in [0.15, 0.2) is 6.07 Å². The van der Waals surface area contributed by atoms with Crippen LogP contribution in [0.1, 0.15) is 11.8 Å². The first-order chi connectivity index (χ1) is 10.5. The predicted octanol–water partition coefficient (Wildman–Crippen LogP) is 2.67. The summed E-state index contributed by atoms with van der Waals surface area (Å²) in [5.74, 6) is 0.951. The molecule has 1 aliphatic heterocycles. The lowest BCUT2D eigenvalue weighted by Crippen LogP contribution is -2.36. The van der Waals surface area contributed by atoms with E-state index in [4.69, 9.17) is 16.3 Å². The molecule has 0 N–H and O–H groups in total. The van der Waals surface area contributed by atoms with E-state index in [1.807, 2.05) is 0 Å². The number of aromatic nitrogens is 2. The van der Waals surface area contributed by atoms with Crippen molar-refractivity contribution in [1.82, 2.24) is 14.9 Å². The second-order valence-electron chi connectivity index (χ2n) is 5.86. The zero-order valence-electron chi connectivity index (χ0n) is 13.2. The van der Waals surface area contributed by atoms with Crippen molar-refractivity contribution >= 4 is 39.0 Å². The average Bonchev–Trinajstić information content (AvgIpc) is 2.89. The Hall–Kier alpha value is -0.950. The average molecular weight is 341 g/mol. The van der Waals surface area contributed by atoms with Gasteiger partial charge in [0.25, 0.3) is 0 Å². The molecule has 0 radical (unpaired) electrons. The van der Waals surface area contributed by atoms with Gasteiger partial charge in [0.2, 0.25) is 5.28 Å². The molecular formula is C15H21ClN4OS. The molecule has 2 aromatic rings. The molecule has 0 spiro atoms. The Morgan fingerprint density at radius 1 is 1.36 bits per heavy atom. The Kier molecular flexibility index (Phi) is 4.82. The fourth-order valence-corrected chi connectivity index (χ4v) is 3.90. The summed E-state index contributed by atoms with van der Waals surface area (Å²) in [6, 6.07) is 2.64. The second-order valence-corrected chi connectivity index (χ2v) is 7.33. The van der Waals surface area contributed by atoms with Gasteiger partial charge in [-0.15, -0.1) is 11.3 Å². The molecule has 3 rings (SSSR count). The lowest BCUT2D eigenvalue weighted by molar-refractivity contribution is 0.122. The minimum Gasteiger partial charge on any atom is -0.378 e. The molecule has 1 aliphatic rings. The van der Waals surface area contributed by atoms with Crippen molar-refractivity contribution in [2.75, 3.05) is 45.3 Å². The summed E-state index contributed by atoms with van der Waals surface area (Å²) in [7, 11) is 4.21. The zero-order chi connectivity index (χ0) is 15.7. The van der Waals surface area contributed by atoms with Crippen LogP contribution < -0.4 is 4.90 Å². The first kappa shape index (κ1) is 15.9. The topological polar surface area (TPSA) is 41.5 Å². The summed E-state index contributed by atoms with van der Waals surface area (Å²) in [4.78, 5) is 14.7. The number of hydrogen-bond donors (Lipinski definition) is 0. The molecule has 0 bridgehead atoms. The Morgan fingerprint density at radius 2 is 2.09 bits per heavy atom. The van der Waals surface area contributed by atoms with E-state index < -0.39 is 0 Å². The van der Waals surface area contributed by atoms with Crippen LogP contribution in [0, 0.1) is 0 Å². The number of ether oxygens (including phenoxy) is 1. The van der Waals surface area contributed by atoms with E-state index in [2.05, 4.69) is 46.9 Å². The number of nitrogens with zero attached hydrogens (tertiary/aromatic N) is 4. The van der Waals surface area contributed by atoms with Crippen LogP contribution in [-0.2, 0) is 11.2 Å². The van der Waals surface area contributed by atoms with Gasteiger partial charge in [-0.2, -0.15) is 4.98 Å². The minimum absolute atomic E-state index is 0.319. The number of morpholine rings is 1. The molecule has 1 atom stereocenters. The molecule has 120 valence electrons. The predicted molar refractivity (Wildman–Crippen MR) is 92.3 cm³/mol. The van der Waals surface area contributed by atoms with Crippen molar-refractivity contribution in [2.24, 2.45) is 0 Å². The van der Waals surface area contributed by atoms with Gasteiger partial charge in [0.05, 0.1) is 23.4 Å². The Bertz CT molecular complexity index is 654.